The molecule has 0 saturated carbocycles. The Bertz CT molecular complexity index is 441. The van der Waals surface area contributed by atoms with Crippen LogP contribution < -0.4 is 10.6 Å². The van der Waals surface area contributed by atoms with Gasteiger partial charge in [-0.05, 0) is 32.4 Å². The zero-order valence-electron chi connectivity index (χ0n) is 11.7. The predicted octanol–water partition coefficient (Wildman–Crippen LogP) is 1.30. The predicted molar refractivity (Wildman–Crippen MR) is 77.2 cm³/mol. The molecule has 5 heteroatoms. The standard InChI is InChI=1S/C14H23N5/c1-2-13-16-12(15)9-14(17-13)19-8-5-11(10-19)18-6-3-4-7-18/h9,11H,2-8,10H2,1H3,(H2,15,16,17). The van der Waals surface area contributed by atoms with Crippen LogP contribution in [0.15, 0.2) is 6.07 Å². The van der Waals surface area contributed by atoms with Crippen LogP contribution in [-0.4, -0.2) is 47.1 Å². The Hall–Kier alpha value is -1.36. The van der Waals surface area contributed by atoms with Gasteiger partial charge in [-0.2, -0.15) is 0 Å². The first-order valence-corrected chi connectivity index (χ1v) is 7.38. The van der Waals surface area contributed by atoms with E-state index in [0.29, 0.717) is 11.9 Å². The van der Waals surface area contributed by atoms with Crippen molar-refractivity contribution in [2.45, 2.75) is 38.6 Å². The molecular formula is C14H23N5. The summed E-state index contributed by atoms with van der Waals surface area (Å²) in [4.78, 5) is 13.9. The molecule has 2 N–H and O–H groups in total. The topological polar surface area (TPSA) is 58.3 Å². The smallest absolute Gasteiger partial charge is 0.134 e. The normalized spacial score (nSPS) is 24.3. The number of hydrogen-bond donors (Lipinski definition) is 1. The van der Waals surface area contributed by atoms with Crippen molar-refractivity contribution in [3.8, 4) is 0 Å². The fourth-order valence-electron chi connectivity index (χ4n) is 3.18. The summed E-state index contributed by atoms with van der Waals surface area (Å²) in [6, 6.07) is 2.61. The van der Waals surface area contributed by atoms with Gasteiger partial charge < -0.3 is 10.6 Å². The maximum absolute atomic E-state index is 5.87. The molecule has 0 aliphatic carbocycles. The van der Waals surface area contributed by atoms with Crippen LogP contribution >= 0.6 is 0 Å². The number of rotatable bonds is 3. The summed E-state index contributed by atoms with van der Waals surface area (Å²) in [5.74, 6) is 2.44. The van der Waals surface area contributed by atoms with Crippen LogP contribution in [0.2, 0.25) is 0 Å². The maximum Gasteiger partial charge on any atom is 0.134 e. The summed E-state index contributed by atoms with van der Waals surface area (Å²) in [7, 11) is 0. The number of aryl methyl sites for hydroxylation is 1. The van der Waals surface area contributed by atoms with Crippen LogP contribution in [0.3, 0.4) is 0 Å². The monoisotopic (exact) mass is 261 g/mol. The Balaban J connectivity index is 1.71. The lowest BCUT2D eigenvalue weighted by atomic mass is 10.2. The van der Waals surface area contributed by atoms with E-state index in [1.807, 2.05) is 6.07 Å². The van der Waals surface area contributed by atoms with Crippen LogP contribution in [0.5, 0.6) is 0 Å². The van der Waals surface area contributed by atoms with E-state index >= 15 is 0 Å². The first-order valence-electron chi connectivity index (χ1n) is 7.38. The van der Waals surface area contributed by atoms with E-state index in [-0.39, 0.29) is 0 Å². The zero-order chi connectivity index (χ0) is 13.2. The minimum atomic E-state index is 0.589. The van der Waals surface area contributed by atoms with E-state index in [4.69, 9.17) is 5.73 Å². The molecule has 1 atom stereocenters. The molecule has 19 heavy (non-hydrogen) atoms. The van der Waals surface area contributed by atoms with Crippen molar-refractivity contribution in [3.05, 3.63) is 11.9 Å². The van der Waals surface area contributed by atoms with Gasteiger partial charge in [-0.3, -0.25) is 4.90 Å². The molecule has 1 unspecified atom stereocenters. The molecule has 2 aliphatic rings. The van der Waals surface area contributed by atoms with Crippen LogP contribution in [0.25, 0.3) is 0 Å². The molecule has 104 valence electrons. The highest BCUT2D eigenvalue weighted by Crippen LogP contribution is 2.24. The van der Waals surface area contributed by atoms with Crippen molar-refractivity contribution in [2.75, 3.05) is 36.8 Å². The molecule has 0 spiro atoms. The lowest BCUT2D eigenvalue weighted by molar-refractivity contribution is 0.260. The molecule has 1 aromatic heterocycles. The van der Waals surface area contributed by atoms with Crippen LogP contribution in [-0.2, 0) is 6.42 Å². The summed E-state index contributed by atoms with van der Waals surface area (Å²) in [5, 5.41) is 0. The van der Waals surface area contributed by atoms with Gasteiger partial charge >= 0.3 is 0 Å². The van der Waals surface area contributed by atoms with E-state index in [1.165, 1.54) is 32.4 Å². The summed E-state index contributed by atoms with van der Waals surface area (Å²) < 4.78 is 0. The SMILES string of the molecule is CCc1nc(N)cc(N2CCC(N3CCCC3)C2)n1. The molecule has 2 fully saturated rings. The number of likely N-dealkylation sites (tertiary alicyclic amines) is 1. The highest BCUT2D eigenvalue weighted by atomic mass is 15.3. The van der Waals surface area contributed by atoms with Crippen molar-refractivity contribution < 1.29 is 0 Å². The van der Waals surface area contributed by atoms with Crippen molar-refractivity contribution in [1.29, 1.82) is 0 Å². The van der Waals surface area contributed by atoms with Gasteiger partial charge in [0, 0.05) is 31.6 Å². The largest absolute Gasteiger partial charge is 0.384 e. The second kappa shape index (κ2) is 5.33. The van der Waals surface area contributed by atoms with E-state index in [9.17, 15) is 0 Å². The fraction of sp³-hybridized carbons (Fsp3) is 0.714. The minimum absolute atomic E-state index is 0.589. The molecule has 0 bridgehead atoms. The van der Waals surface area contributed by atoms with Crippen molar-refractivity contribution in [2.24, 2.45) is 0 Å². The number of nitrogens with zero attached hydrogens (tertiary/aromatic N) is 4. The van der Waals surface area contributed by atoms with Crippen molar-refractivity contribution >= 4 is 11.6 Å². The third kappa shape index (κ3) is 2.66. The third-order valence-electron chi connectivity index (χ3n) is 4.24. The lowest BCUT2D eigenvalue weighted by Gasteiger charge is -2.24. The van der Waals surface area contributed by atoms with Gasteiger partial charge in [0.05, 0.1) is 0 Å². The molecule has 0 radical (unpaired) electrons. The van der Waals surface area contributed by atoms with Gasteiger partial charge in [-0.1, -0.05) is 6.92 Å². The molecule has 3 rings (SSSR count). The Morgan fingerprint density at radius 1 is 1.26 bits per heavy atom. The van der Waals surface area contributed by atoms with Gasteiger partial charge in [0.25, 0.3) is 0 Å². The van der Waals surface area contributed by atoms with Gasteiger partial charge in [0.2, 0.25) is 0 Å². The highest BCUT2D eigenvalue weighted by molar-refractivity contribution is 5.48. The number of anilines is 2. The third-order valence-corrected chi connectivity index (χ3v) is 4.24. The lowest BCUT2D eigenvalue weighted by Crippen LogP contribution is -2.35. The second-order valence-electron chi connectivity index (χ2n) is 5.55. The van der Waals surface area contributed by atoms with E-state index in [2.05, 4.69) is 26.7 Å². The van der Waals surface area contributed by atoms with Gasteiger partial charge in [0.15, 0.2) is 0 Å². The summed E-state index contributed by atoms with van der Waals surface area (Å²) in [5.41, 5.74) is 5.87. The van der Waals surface area contributed by atoms with Crippen LogP contribution in [0.4, 0.5) is 11.6 Å². The number of nitrogens with two attached hydrogens (primary N) is 1. The molecule has 5 nitrogen and oxygen atoms in total. The van der Waals surface area contributed by atoms with E-state index in [0.717, 1.165) is 31.2 Å². The molecule has 0 amide bonds. The molecule has 0 aromatic carbocycles. The Labute approximate surface area is 114 Å². The van der Waals surface area contributed by atoms with Crippen LogP contribution in [0, 0.1) is 0 Å². The summed E-state index contributed by atoms with van der Waals surface area (Å²) >= 11 is 0. The highest BCUT2D eigenvalue weighted by Gasteiger charge is 2.30. The average molecular weight is 261 g/mol. The van der Waals surface area contributed by atoms with Crippen molar-refractivity contribution in [3.63, 3.8) is 0 Å². The Kier molecular flexibility index (Phi) is 3.55. The molecule has 1 aromatic rings. The Morgan fingerprint density at radius 2 is 2.05 bits per heavy atom. The maximum atomic E-state index is 5.87. The number of aromatic nitrogens is 2. The molecule has 3 heterocycles. The Morgan fingerprint density at radius 3 is 2.79 bits per heavy atom. The van der Waals surface area contributed by atoms with Gasteiger partial charge in [-0.15, -0.1) is 0 Å². The summed E-state index contributed by atoms with van der Waals surface area (Å²) in [6.45, 7) is 6.77. The van der Waals surface area contributed by atoms with E-state index < -0.39 is 0 Å². The van der Waals surface area contributed by atoms with Crippen molar-refractivity contribution in [1.82, 2.24) is 14.9 Å². The number of nitrogen functional groups attached to an aromatic ring is 1. The zero-order valence-corrected chi connectivity index (χ0v) is 11.7. The van der Waals surface area contributed by atoms with Gasteiger partial charge in [-0.25, -0.2) is 9.97 Å². The molecule has 2 aliphatic heterocycles. The quantitative estimate of drug-likeness (QED) is 0.888. The molecule has 2 saturated heterocycles. The average Bonchev–Trinajstić information content (AvgIpc) is 3.08. The minimum Gasteiger partial charge on any atom is -0.384 e. The summed E-state index contributed by atoms with van der Waals surface area (Å²) in [6.07, 6.45) is 4.79. The fourth-order valence-corrected chi connectivity index (χ4v) is 3.18. The van der Waals surface area contributed by atoms with Gasteiger partial charge in [0.1, 0.15) is 17.5 Å². The first-order chi connectivity index (χ1) is 9.26. The van der Waals surface area contributed by atoms with E-state index in [1.54, 1.807) is 0 Å². The first kappa shape index (κ1) is 12.7. The second-order valence-corrected chi connectivity index (χ2v) is 5.55. The van der Waals surface area contributed by atoms with Crippen LogP contribution in [0.1, 0.15) is 32.0 Å². The molecular weight excluding hydrogens is 238 g/mol. The number of hydrogen-bond acceptors (Lipinski definition) is 5.